The van der Waals surface area contributed by atoms with Crippen molar-refractivity contribution in [3.05, 3.63) is 0 Å². The highest BCUT2D eigenvalue weighted by Crippen LogP contribution is 2.15. The van der Waals surface area contributed by atoms with E-state index >= 15 is 0 Å². The van der Waals surface area contributed by atoms with Gasteiger partial charge in [-0.25, -0.2) is 8.42 Å². The van der Waals surface area contributed by atoms with Crippen LogP contribution in [0.25, 0.3) is 0 Å². The minimum atomic E-state index is -4.11. The van der Waals surface area contributed by atoms with E-state index in [0.717, 1.165) is 6.92 Å². The molecule has 0 saturated carbocycles. The fourth-order valence-electron chi connectivity index (χ4n) is 1.37. The molecule has 1 rings (SSSR count). The van der Waals surface area contributed by atoms with Crippen molar-refractivity contribution in [3.8, 4) is 6.07 Å². The molecule has 17 heavy (non-hydrogen) atoms. The smallest absolute Gasteiger partial charge is 0.323 e. The number of rotatable bonds is 3. The number of nitrogens with one attached hydrogen (secondary N) is 1. The van der Waals surface area contributed by atoms with Crippen LogP contribution in [0.15, 0.2) is 0 Å². The Morgan fingerprint density at radius 3 is 2.76 bits per heavy atom. The molecule has 1 saturated heterocycles. The van der Waals surface area contributed by atoms with Gasteiger partial charge in [0.1, 0.15) is 6.04 Å². The highest BCUT2D eigenvalue weighted by molar-refractivity contribution is 7.90. The molecule has 1 amide bonds. The van der Waals surface area contributed by atoms with Crippen molar-refractivity contribution in [2.24, 2.45) is 0 Å². The van der Waals surface area contributed by atoms with Crippen LogP contribution in [0.3, 0.4) is 0 Å². The van der Waals surface area contributed by atoms with E-state index in [1.165, 1.54) is 6.07 Å². The molecule has 1 heterocycles. The fourth-order valence-corrected chi connectivity index (χ4v) is 2.72. The number of carboxylic acid groups (broad SMARTS) is 1. The lowest BCUT2D eigenvalue weighted by Crippen LogP contribution is -2.60. The Hall–Kier alpha value is -1.66. The molecular weight excluding hydrogens is 250 g/mol. The summed E-state index contributed by atoms with van der Waals surface area (Å²) in [5.74, 6) is -1.95. The van der Waals surface area contributed by atoms with Crippen LogP contribution < -0.4 is 5.32 Å². The quantitative estimate of drug-likeness (QED) is 0.611. The summed E-state index contributed by atoms with van der Waals surface area (Å²) in [6.07, 6.45) is 0. The van der Waals surface area contributed by atoms with Crippen LogP contribution in [0, 0.1) is 11.3 Å². The van der Waals surface area contributed by atoms with Crippen LogP contribution in [-0.2, 0) is 19.6 Å². The number of piperazine rings is 1. The van der Waals surface area contributed by atoms with Gasteiger partial charge in [0.25, 0.3) is 0 Å². The molecular formula is C8H11N3O5S. The topological polar surface area (TPSA) is 128 Å². The van der Waals surface area contributed by atoms with Crippen LogP contribution in [0.4, 0.5) is 0 Å². The first kappa shape index (κ1) is 13.4. The van der Waals surface area contributed by atoms with Gasteiger partial charge in [0.05, 0.1) is 12.6 Å². The molecule has 94 valence electrons. The number of sulfonamides is 1. The molecule has 8 nitrogen and oxygen atoms in total. The van der Waals surface area contributed by atoms with Gasteiger partial charge in [0.2, 0.25) is 15.9 Å². The van der Waals surface area contributed by atoms with E-state index in [2.05, 4.69) is 5.32 Å². The summed E-state index contributed by atoms with van der Waals surface area (Å²) in [6.45, 7) is 0.262. The van der Waals surface area contributed by atoms with Crippen molar-refractivity contribution in [1.29, 1.82) is 5.26 Å². The number of nitrogens with zero attached hydrogens (tertiary/aromatic N) is 2. The first-order valence-corrected chi connectivity index (χ1v) is 6.20. The van der Waals surface area contributed by atoms with E-state index in [1.807, 2.05) is 0 Å². The van der Waals surface area contributed by atoms with Crippen molar-refractivity contribution in [2.75, 3.05) is 13.1 Å². The highest BCUT2D eigenvalue weighted by atomic mass is 32.2. The van der Waals surface area contributed by atoms with E-state index in [1.54, 1.807) is 0 Å². The SMILES string of the molecule is CC(C#N)S(=O)(=O)N1CC(=O)NCC1C(=O)O. The predicted molar refractivity (Wildman–Crippen MR) is 55.1 cm³/mol. The van der Waals surface area contributed by atoms with Gasteiger partial charge in [0.15, 0.2) is 5.25 Å². The second kappa shape index (κ2) is 4.68. The fraction of sp³-hybridized carbons (Fsp3) is 0.625. The summed E-state index contributed by atoms with van der Waals surface area (Å²) in [7, 11) is -4.11. The number of carboxylic acids is 1. The number of hydrogen-bond donors (Lipinski definition) is 2. The number of nitriles is 1. The summed E-state index contributed by atoms with van der Waals surface area (Å²) in [6, 6.07) is 0.155. The maximum Gasteiger partial charge on any atom is 0.323 e. The molecule has 1 fully saturated rings. The molecule has 0 bridgehead atoms. The zero-order valence-electron chi connectivity index (χ0n) is 8.95. The lowest BCUT2D eigenvalue weighted by molar-refractivity contribution is -0.143. The molecule has 0 aromatic rings. The van der Waals surface area contributed by atoms with E-state index in [9.17, 15) is 18.0 Å². The highest BCUT2D eigenvalue weighted by Gasteiger charge is 2.42. The Morgan fingerprint density at radius 2 is 2.29 bits per heavy atom. The van der Waals surface area contributed by atoms with E-state index in [0.29, 0.717) is 4.31 Å². The third-order valence-electron chi connectivity index (χ3n) is 2.38. The molecule has 1 aliphatic rings. The molecule has 2 atom stereocenters. The van der Waals surface area contributed by atoms with Gasteiger partial charge in [0, 0.05) is 6.54 Å². The zero-order chi connectivity index (χ0) is 13.2. The second-order valence-electron chi connectivity index (χ2n) is 3.52. The predicted octanol–water partition coefficient (Wildman–Crippen LogP) is -1.89. The average molecular weight is 261 g/mol. The van der Waals surface area contributed by atoms with Crippen molar-refractivity contribution >= 4 is 21.9 Å². The summed E-state index contributed by atoms with van der Waals surface area (Å²) in [5, 5.41) is 18.3. The zero-order valence-corrected chi connectivity index (χ0v) is 9.77. The van der Waals surface area contributed by atoms with Gasteiger partial charge in [-0.05, 0) is 6.92 Å². The van der Waals surface area contributed by atoms with Crippen LogP contribution >= 0.6 is 0 Å². The van der Waals surface area contributed by atoms with Crippen molar-refractivity contribution < 1.29 is 23.1 Å². The molecule has 0 spiro atoms. The van der Waals surface area contributed by atoms with Gasteiger partial charge < -0.3 is 10.4 Å². The molecule has 0 aromatic carbocycles. The third-order valence-corrected chi connectivity index (χ3v) is 4.42. The number of hydrogen-bond acceptors (Lipinski definition) is 5. The maximum absolute atomic E-state index is 11.8. The van der Waals surface area contributed by atoms with Crippen LogP contribution in [0.2, 0.25) is 0 Å². The van der Waals surface area contributed by atoms with Crippen molar-refractivity contribution in [3.63, 3.8) is 0 Å². The van der Waals surface area contributed by atoms with Crippen molar-refractivity contribution in [1.82, 2.24) is 9.62 Å². The van der Waals surface area contributed by atoms with Gasteiger partial charge in [-0.3, -0.25) is 9.59 Å². The molecule has 0 aliphatic carbocycles. The van der Waals surface area contributed by atoms with Gasteiger partial charge >= 0.3 is 5.97 Å². The molecule has 0 aromatic heterocycles. The molecule has 2 unspecified atom stereocenters. The van der Waals surface area contributed by atoms with E-state index < -0.39 is 39.7 Å². The van der Waals surface area contributed by atoms with Gasteiger partial charge in [-0.2, -0.15) is 9.57 Å². The van der Waals surface area contributed by atoms with E-state index in [4.69, 9.17) is 10.4 Å². The minimum absolute atomic E-state index is 0.300. The Balaban J connectivity index is 3.11. The Morgan fingerprint density at radius 1 is 1.71 bits per heavy atom. The normalized spacial score (nSPS) is 23.5. The van der Waals surface area contributed by atoms with Crippen molar-refractivity contribution in [2.45, 2.75) is 18.2 Å². The second-order valence-corrected chi connectivity index (χ2v) is 5.73. The molecule has 2 N–H and O–H groups in total. The summed E-state index contributed by atoms with van der Waals surface area (Å²) in [4.78, 5) is 22.0. The lowest BCUT2D eigenvalue weighted by atomic mass is 10.2. The largest absolute Gasteiger partial charge is 0.480 e. The minimum Gasteiger partial charge on any atom is -0.480 e. The van der Waals surface area contributed by atoms with Crippen LogP contribution in [0.1, 0.15) is 6.92 Å². The molecule has 9 heteroatoms. The average Bonchev–Trinajstić information content (AvgIpc) is 2.27. The summed E-state index contributed by atoms with van der Waals surface area (Å²) >= 11 is 0. The Kier molecular flexibility index (Phi) is 3.69. The Bertz CT molecular complexity index is 480. The third kappa shape index (κ3) is 2.54. The molecule has 1 aliphatic heterocycles. The molecule has 0 radical (unpaired) electrons. The number of amides is 1. The summed E-state index contributed by atoms with van der Waals surface area (Å²) in [5.41, 5.74) is 0. The summed E-state index contributed by atoms with van der Waals surface area (Å²) < 4.78 is 24.2. The lowest BCUT2D eigenvalue weighted by Gasteiger charge is -2.32. The Labute approximate surface area is 97.9 Å². The number of carbonyl (C=O) groups excluding carboxylic acids is 1. The number of aliphatic carboxylic acids is 1. The standard InChI is InChI=1S/C8H11N3O5S/c1-5(2-9)17(15,16)11-4-7(12)10-3-6(11)8(13)14/h5-6H,3-4H2,1H3,(H,10,12)(H,13,14). The van der Waals surface area contributed by atoms with E-state index in [-0.39, 0.29) is 6.54 Å². The van der Waals surface area contributed by atoms with Gasteiger partial charge in [-0.1, -0.05) is 0 Å². The van der Waals surface area contributed by atoms with Crippen LogP contribution in [0.5, 0.6) is 0 Å². The van der Waals surface area contributed by atoms with Crippen LogP contribution in [-0.4, -0.2) is 54.1 Å². The monoisotopic (exact) mass is 261 g/mol. The number of carbonyl (C=O) groups is 2. The maximum atomic E-state index is 11.8. The first-order chi connectivity index (χ1) is 7.80. The van der Waals surface area contributed by atoms with Gasteiger partial charge in [-0.15, -0.1) is 0 Å². The first-order valence-electron chi connectivity index (χ1n) is 4.70.